The Kier molecular flexibility index (Phi) is 4.06. The highest BCUT2D eigenvalue weighted by atomic mass is 16.2. The summed E-state index contributed by atoms with van der Waals surface area (Å²) in [4.78, 5) is 23.1. The molecule has 0 aliphatic carbocycles. The molecular weight excluding hydrogens is 312 g/mol. The van der Waals surface area contributed by atoms with Crippen LogP contribution in [0.15, 0.2) is 54.9 Å². The summed E-state index contributed by atoms with van der Waals surface area (Å²) in [5, 5.41) is 0.778. The van der Waals surface area contributed by atoms with E-state index in [1.807, 2.05) is 29.2 Å². The number of piperidine rings is 1. The predicted molar refractivity (Wildman–Crippen MR) is 98.3 cm³/mol. The van der Waals surface area contributed by atoms with Crippen molar-refractivity contribution in [2.75, 3.05) is 18.8 Å². The van der Waals surface area contributed by atoms with Crippen LogP contribution in [0, 0.1) is 0 Å². The van der Waals surface area contributed by atoms with Gasteiger partial charge in [-0.2, -0.15) is 0 Å². The van der Waals surface area contributed by atoms with E-state index in [0.29, 0.717) is 22.8 Å². The summed E-state index contributed by atoms with van der Waals surface area (Å²) < 4.78 is 0. The fraction of sp³-hybridized carbons (Fsp3) is 0.250. The minimum atomic E-state index is 0.0553. The van der Waals surface area contributed by atoms with Crippen molar-refractivity contribution in [2.45, 2.75) is 18.8 Å². The molecule has 126 valence electrons. The Balaban J connectivity index is 1.58. The van der Waals surface area contributed by atoms with Gasteiger partial charge in [-0.15, -0.1) is 0 Å². The van der Waals surface area contributed by atoms with Crippen LogP contribution in [0.2, 0.25) is 0 Å². The molecule has 1 aromatic heterocycles. The zero-order chi connectivity index (χ0) is 17.2. The fourth-order valence-electron chi connectivity index (χ4n) is 3.55. The molecule has 25 heavy (non-hydrogen) atoms. The molecule has 0 saturated carbocycles. The molecule has 0 bridgehead atoms. The van der Waals surface area contributed by atoms with E-state index < -0.39 is 0 Å². The molecule has 1 unspecified atom stereocenters. The summed E-state index contributed by atoms with van der Waals surface area (Å²) in [6.07, 6.45) is 3.57. The molecule has 3 aromatic rings. The number of carbonyl (C=O) groups excluding carboxylic acids is 1. The van der Waals surface area contributed by atoms with Crippen LogP contribution >= 0.6 is 0 Å². The molecule has 0 radical (unpaired) electrons. The van der Waals surface area contributed by atoms with Gasteiger partial charge in [0.1, 0.15) is 12.1 Å². The number of rotatable bonds is 2. The number of fused-ring (bicyclic) bond motifs is 1. The molecule has 1 aliphatic heterocycles. The first kappa shape index (κ1) is 15.6. The summed E-state index contributed by atoms with van der Waals surface area (Å²) in [6, 6.07) is 15.9. The maximum Gasteiger partial charge on any atom is 0.253 e. The Hall–Kier alpha value is -2.95. The Bertz CT molecular complexity index is 910. The highest BCUT2D eigenvalue weighted by Gasteiger charge is 2.25. The van der Waals surface area contributed by atoms with Gasteiger partial charge < -0.3 is 10.6 Å². The second kappa shape index (κ2) is 6.51. The third-order valence-corrected chi connectivity index (χ3v) is 4.89. The molecule has 2 N–H and O–H groups in total. The lowest BCUT2D eigenvalue weighted by molar-refractivity contribution is 0.0707. The number of nitrogens with two attached hydrogens (primary N) is 1. The quantitative estimate of drug-likeness (QED) is 0.782. The van der Waals surface area contributed by atoms with Gasteiger partial charge in [-0.25, -0.2) is 9.97 Å². The molecule has 4 rings (SSSR count). The maximum absolute atomic E-state index is 13.0. The first-order chi connectivity index (χ1) is 12.2. The van der Waals surface area contributed by atoms with Crippen molar-refractivity contribution in [3.05, 3.63) is 66.0 Å². The molecule has 1 saturated heterocycles. The van der Waals surface area contributed by atoms with E-state index in [4.69, 9.17) is 5.73 Å². The van der Waals surface area contributed by atoms with Crippen molar-refractivity contribution in [3.8, 4) is 0 Å². The zero-order valence-electron chi connectivity index (χ0n) is 13.9. The summed E-state index contributed by atoms with van der Waals surface area (Å²) in [7, 11) is 0. The van der Waals surface area contributed by atoms with Crippen LogP contribution in [0.5, 0.6) is 0 Å². The van der Waals surface area contributed by atoms with E-state index in [0.717, 1.165) is 31.3 Å². The number of nitrogen functional groups attached to an aromatic ring is 1. The monoisotopic (exact) mass is 332 g/mol. The van der Waals surface area contributed by atoms with Crippen molar-refractivity contribution >= 4 is 22.6 Å². The lowest BCUT2D eigenvalue weighted by atomic mass is 9.90. The van der Waals surface area contributed by atoms with Crippen LogP contribution in [-0.2, 0) is 0 Å². The first-order valence-corrected chi connectivity index (χ1v) is 8.57. The third-order valence-electron chi connectivity index (χ3n) is 4.89. The molecule has 5 nitrogen and oxygen atoms in total. The van der Waals surface area contributed by atoms with Crippen LogP contribution in [0.1, 0.15) is 34.7 Å². The Morgan fingerprint density at radius 1 is 1.12 bits per heavy atom. The number of amides is 1. The summed E-state index contributed by atoms with van der Waals surface area (Å²) in [5.74, 6) is 0.892. The summed E-state index contributed by atoms with van der Waals surface area (Å²) in [6.45, 7) is 1.55. The Morgan fingerprint density at radius 2 is 1.96 bits per heavy atom. The lowest BCUT2D eigenvalue weighted by Crippen LogP contribution is -2.39. The van der Waals surface area contributed by atoms with Gasteiger partial charge in [0.2, 0.25) is 0 Å². The fourth-order valence-corrected chi connectivity index (χ4v) is 3.55. The molecule has 1 amide bonds. The number of anilines is 1. The van der Waals surface area contributed by atoms with Crippen LogP contribution < -0.4 is 5.73 Å². The molecule has 0 spiro atoms. The van der Waals surface area contributed by atoms with Crippen molar-refractivity contribution in [1.29, 1.82) is 0 Å². The van der Waals surface area contributed by atoms with Crippen LogP contribution in [-0.4, -0.2) is 33.9 Å². The number of benzene rings is 2. The number of likely N-dealkylation sites (tertiary alicyclic amines) is 1. The molecule has 5 heteroatoms. The van der Waals surface area contributed by atoms with Gasteiger partial charge in [-0.3, -0.25) is 4.79 Å². The summed E-state index contributed by atoms with van der Waals surface area (Å²) >= 11 is 0. The van der Waals surface area contributed by atoms with Gasteiger partial charge >= 0.3 is 0 Å². The topological polar surface area (TPSA) is 72.1 Å². The van der Waals surface area contributed by atoms with Crippen LogP contribution in [0.3, 0.4) is 0 Å². The van der Waals surface area contributed by atoms with Gasteiger partial charge in [-0.1, -0.05) is 30.3 Å². The van der Waals surface area contributed by atoms with Crippen molar-refractivity contribution in [2.24, 2.45) is 0 Å². The van der Waals surface area contributed by atoms with Crippen molar-refractivity contribution < 1.29 is 4.79 Å². The summed E-state index contributed by atoms with van der Waals surface area (Å²) in [5.41, 5.74) is 8.52. The maximum atomic E-state index is 13.0. The highest BCUT2D eigenvalue weighted by molar-refractivity contribution is 5.99. The first-order valence-electron chi connectivity index (χ1n) is 8.57. The number of nitrogens with zero attached hydrogens (tertiary/aromatic N) is 3. The smallest absolute Gasteiger partial charge is 0.253 e. The molecule has 2 aromatic carbocycles. The molecular formula is C20H20N4O. The SMILES string of the molecule is Nc1ncnc2cc(C(=O)N3CCCC(c4ccccc4)C3)ccc12. The largest absolute Gasteiger partial charge is 0.383 e. The van der Waals surface area contributed by atoms with Crippen molar-refractivity contribution in [1.82, 2.24) is 14.9 Å². The third kappa shape index (κ3) is 3.05. The van der Waals surface area contributed by atoms with Gasteiger partial charge in [-0.05, 0) is 36.6 Å². The highest BCUT2D eigenvalue weighted by Crippen LogP contribution is 2.28. The van der Waals surface area contributed by atoms with E-state index >= 15 is 0 Å². The number of aromatic nitrogens is 2. The normalized spacial score (nSPS) is 17.6. The lowest BCUT2D eigenvalue weighted by Gasteiger charge is -2.33. The second-order valence-corrected chi connectivity index (χ2v) is 6.49. The molecule has 1 fully saturated rings. The van der Waals surface area contributed by atoms with Gasteiger partial charge in [0.25, 0.3) is 5.91 Å². The van der Waals surface area contributed by atoms with E-state index in [1.54, 1.807) is 0 Å². The average Bonchev–Trinajstić information content (AvgIpc) is 2.68. The predicted octanol–water partition coefficient (Wildman–Crippen LogP) is 3.23. The number of carbonyl (C=O) groups is 1. The Labute approximate surface area is 146 Å². The van der Waals surface area contributed by atoms with Gasteiger partial charge in [0.05, 0.1) is 5.52 Å². The molecule has 1 atom stereocenters. The van der Waals surface area contributed by atoms with Crippen LogP contribution in [0.4, 0.5) is 5.82 Å². The van der Waals surface area contributed by atoms with Gasteiger partial charge in [0.15, 0.2) is 0 Å². The zero-order valence-corrected chi connectivity index (χ0v) is 13.9. The average molecular weight is 332 g/mol. The van der Waals surface area contributed by atoms with E-state index in [9.17, 15) is 4.79 Å². The van der Waals surface area contributed by atoms with E-state index in [-0.39, 0.29) is 5.91 Å². The minimum absolute atomic E-state index is 0.0553. The number of hydrogen-bond donors (Lipinski definition) is 1. The van der Waals surface area contributed by atoms with Gasteiger partial charge in [0, 0.05) is 30.0 Å². The number of hydrogen-bond acceptors (Lipinski definition) is 4. The standard InChI is InChI=1S/C20H20N4O/c21-19-17-9-8-15(11-18(17)22-13-23-19)20(25)24-10-4-7-16(12-24)14-5-2-1-3-6-14/h1-3,5-6,8-9,11,13,16H,4,7,10,12H2,(H2,21,22,23). The molecule has 1 aliphatic rings. The Morgan fingerprint density at radius 3 is 2.80 bits per heavy atom. The minimum Gasteiger partial charge on any atom is -0.383 e. The van der Waals surface area contributed by atoms with E-state index in [1.165, 1.54) is 11.9 Å². The van der Waals surface area contributed by atoms with Crippen LogP contribution in [0.25, 0.3) is 10.9 Å². The molecule has 2 heterocycles. The second-order valence-electron chi connectivity index (χ2n) is 6.49. The van der Waals surface area contributed by atoms with E-state index in [2.05, 4.69) is 34.2 Å². The van der Waals surface area contributed by atoms with Crippen molar-refractivity contribution in [3.63, 3.8) is 0 Å².